The van der Waals surface area contributed by atoms with Gasteiger partial charge in [0, 0.05) is 26.2 Å². The standard InChI is InChI=1S/C14H21NO/c1-11(16)10-14(2,3)12-6-8-13(9-7-12)15(4)5/h6-9H,10H2,1-5H3. The molecule has 0 fully saturated rings. The second-order valence-corrected chi connectivity index (χ2v) is 5.20. The summed E-state index contributed by atoms with van der Waals surface area (Å²) in [4.78, 5) is 13.3. The highest BCUT2D eigenvalue weighted by atomic mass is 16.1. The van der Waals surface area contributed by atoms with E-state index in [0.717, 1.165) is 0 Å². The number of nitrogens with zero attached hydrogens (tertiary/aromatic N) is 1. The van der Waals surface area contributed by atoms with Crippen LogP contribution in [0.15, 0.2) is 24.3 Å². The van der Waals surface area contributed by atoms with Crippen molar-refractivity contribution in [3.8, 4) is 0 Å². The van der Waals surface area contributed by atoms with Gasteiger partial charge in [-0.25, -0.2) is 0 Å². The second-order valence-electron chi connectivity index (χ2n) is 5.20. The Hall–Kier alpha value is -1.31. The summed E-state index contributed by atoms with van der Waals surface area (Å²) in [5, 5.41) is 0. The number of carbonyl (C=O) groups is 1. The lowest BCUT2D eigenvalue weighted by atomic mass is 9.80. The van der Waals surface area contributed by atoms with Crippen LogP contribution in [0.3, 0.4) is 0 Å². The molecular weight excluding hydrogens is 198 g/mol. The number of carbonyl (C=O) groups excluding carboxylic acids is 1. The molecule has 0 aromatic heterocycles. The molecule has 1 rings (SSSR count). The molecule has 0 heterocycles. The first-order chi connectivity index (χ1) is 7.33. The van der Waals surface area contributed by atoms with Gasteiger partial charge in [0.05, 0.1) is 0 Å². The zero-order valence-corrected chi connectivity index (χ0v) is 10.9. The minimum atomic E-state index is -0.0727. The number of Topliss-reactive ketones (excluding diaryl/α,β-unsaturated/α-hetero) is 1. The average molecular weight is 219 g/mol. The van der Waals surface area contributed by atoms with E-state index in [1.807, 2.05) is 14.1 Å². The van der Waals surface area contributed by atoms with Gasteiger partial charge in [0.15, 0.2) is 0 Å². The van der Waals surface area contributed by atoms with E-state index in [1.54, 1.807) is 6.92 Å². The molecule has 88 valence electrons. The van der Waals surface area contributed by atoms with Crippen molar-refractivity contribution in [3.05, 3.63) is 29.8 Å². The van der Waals surface area contributed by atoms with Crippen LogP contribution in [-0.4, -0.2) is 19.9 Å². The van der Waals surface area contributed by atoms with Crippen molar-refractivity contribution < 1.29 is 4.79 Å². The van der Waals surface area contributed by atoms with Crippen molar-refractivity contribution >= 4 is 11.5 Å². The first-order valence-corrected chi connectivity index (χ1v) is 5.60. The zero-order chi connectivity index (χ0) is 12.3. The molecule has 1 aromatic rings. The topological polar surface area (TPSA) is 20.3 Å². The summed E-state index contributed by atoms with van der Waals surface area (Å²) >= 11 is 0. The maximum atomic E-state index is 11.2. The Morgan fingerprint density at radius 2 is 1.69 bits per heavy atom. The summed E-state index contributed by atoms with van der Waals surface area (Å²) in [6.07, 6.45) is 0.592. The second kappa shape index (κ2) is 4.69. The Morgan fingerprint density at radius 1 is 1.19 bits per heavy atom. The summed E-state index contributed by atoms with van der Waals surface area (Å²) < 4.78 is 0. The molecule has 0 aliphatic heterocycles. The van der Waals surface area contributed by atoms with Gasteiger partial charge in [-0.05, 0) is 30.0 Å². The molecule has 0 aliphatic carbocycles. The summed E-state index contributed by atoms with van der Waals surface area (Å²) in [5.74, 6) is 0.238. The number of anilines is 1. The van der Waals surface area contributed by atoms with Crippen LogP contribution in [0, 0.1) is 0 Å². The minimum Gasteiger partial charge on any atom is -0.378 e. The fourth-order valence-electron chi connectivity index (χ4n) is 1.94. The fraction of sp³-hybridized carbons (Fsp3) is 0.500. The van der Waals surface area contributed by atoms with Crippen LogP contribution in [-0.2, 0) is 10.2 Å². The Labute approximate surface area is 98.3 Å². The zero-order valence-electron chi connectivity index (χ0n) is 10.9. The van der Waals surface area contributed by atoms with E-state index in [4.69, 9.17) is 0 Å². The van der Waals surface area contributed by atoms with Gasteiger partial charge in [-0.3, -0.25) is 4.79 Å². The number of rotatable bonds is 4. The summed E-state index contributed by atoms with van der Waals surface area (Å²) in [7, 11) is 4.05. The fourth-order valence-corrected chi connectivity index (χ4v) is 1.94. The third kappa shape index (κ3) is 3.09. The summed E-state index contributed by atoms with van der Waals surface area (Å²) in [6, 6.07) is 8.41. The lowest BCUT2D eigenvalue weighted by molar-refractivity contribution is -0.118. The van der Waals surface area contributed by atoms with Crippen molar-refractivity contribution in [2.45, 2.75) is 32.6 Å². The van der Waals surface area contributed by atoms with Gasteiger partial charge < -0.3 is 4.90 Å². The molecule has 0 N–H and O–H groups in total. The minimum absolute atomic E-state index is 0.0727. The molecule has 1 aromatic carbocycles. The SMILES string of the molecule is CC(=O)CC(C)(C)c1ccc(N(C)C)cc1. The van der Waals surface area contributed by atoms with Gasteiger partial charge in [-0.2, -0.15) is 0 Å². The van der Waals surface area contributed by atoms with E-state index in [1.165, 1.54) is 11.3 Å². The molecule has 16 heavy (non-hydrogen) atoms. The molecule has 2 nitrogen and oxygen atoms in total. The highest BCUT2D eigenvalue weighted by Gasteiger charge is 2.22. The molecule has 0 spiro atoms. The van der Waals surface area contributed by atoms with Gasteiger partial charge in [-0.15, -0.1) is 0 Å². The number of ketones is 1. The van der Waals surface area contributed by atoms with Crippen LogP contribution < -0.4 is 4.90 Å². The predicted octanol–water partition coefficient (Wildman–Crippen LogP) is 3.01. The van der Waals surface area contributed by atoms with E-state index in [9.17, 15) is 4.79 Å². The van der Waals surface area contributed by atoms with E-state index in [0.29, 0.717) is 6.42 Å². The van der Waals surface area contributed by atoms with Crippen LogP contribution >= 0.6 is 0 Å². The Kier molecular flexibility index (Phi) is 3.74. The molecule has 0 amide bonds. The van der Waals surface area contributed by atoms with Gasteiger partial charge >= 0.3 is 0 Å². The smallest absolute Gasteiger partial charge is 0.130 e. The van der Waals surface area contributed by atoms with Crippen LogP contribution in [0.5, 0.6) is 0 Å². The number of hydrogen-bond acceptors (Lipinski definition) is 2. The highest BCUT2D eigenvalue weighted by molar-refractivity contribution is 5.77. The molecule has 0 saturated carbocycles. The van der Waals surface area contributed by atoms with Crippen LogP contribution in [0.25, 0.3) is 0 Å². The van der Waals surface area contributed by atoms with Gasteiger partial charge in [0.25, 0.3) is 0 Å². The molecule has 0 unspecified atom stereocenters. The lowest BCUT2D eigenvalue weighted by Gasteiger charge is -2.24. The van der Waals surface area contributed by atoms with Crippen molar-refractivity contribution in [3.63, 3.8) is 0 Å². The normalized spacial score (nSPS) is 11.3. The maximum absolute atomic E-state index is 11.2. The van der Waals surface area contributed by atoms with E-state index >= 15 is 0 Å². The summed E-state index contributed by atoms with van der Waals surface area (Å²) in [5.41, 5.74) is 2.33. The first-order valence-electron chi connectivity index (χ1n) is 5.60. The number of benzene rings is 1. The van der Waals surface area contributed by atoms with Crippen molar-refractivity contribution in [2.75, 3.05) is 19.0 Å². The highest BCUT2D eigenvalue weighted by Crippen LogP contribution is 2.28. The first kappa shape index (κ1) is 12.8. The molecular formula is C14H21NO. The van der Waals surface area contributed by atoms with Gasteiger partial charge in [0.1, 0.15) is 5.78 Å². The van der Waals surface area contributed by atoms with Crippen molar-refractivity contribution in [1.82, 2.24) is 0 Å². The van der Waals surface area contributed by atoms with Gasteiger partial charge in [0.2, 0.25) is 0 Å². The third-order valence-corrected chi connectivity index (χ3v) is 2.86. The van der Waals surface area contributed by atoms with E-state index < -0.39 is 0 Å². The molecule has 2 heteroatoms. The van der Waals surface area contributed by atoms with Crippen LogP contribution in [0.1, 0.15) is 32.8 Å². The number of hydrogen-bond donors (Lipinski definition) is 0. The van der Waals surface area contributed by atoms with Crippen LogP contribution in [0.4, 0.5) is 5.69 Å². The molecule has 0 saturated heterocycles. The van der Waals surface area contributed by atoms with Crippen molar-refractivity contribution in [2.24, 2.45) is 0 Å². The van der Waals surface area contributed by atoms with E-state index in [-0.39, 0.29) is 11.2 Å². The quantitative estimate of drug-likeness (QED) is 0.776. The van der Waals surface area contributed by atoms with Crippen LogP contribution in [0.2, 0.25) is 0 Å². The molecule has 0 aliphatic rings. The van der Waals surface area contributed by atoms with E-state index in [2.05, 4.69) is 43.0 Å². The third-order valence-electron chi connectivity index (χ3n) is 2.86. The summed E-state index contributed by atoms with van der Waals surface area (Å²) in [6.45, 7) is 5.87. The Bertz CT molecular complexity index is 363. The Morgan fingerprint density at radius 3 is 2.06 bits per heavy atom. The molecule has 0 bridgehead atoms. The predicted molar refractivity (Wildman–Crippen MR) is 69.1 cm³/mol. The van der Waals surface area contributed by atoms with Crippen molar-refractivity contribution in [1.29, 1.82) is 0 Å². The lowest BCUT2D eigenvalue weighted by Crippen LogP contribution is -2.20. The maximum Gasteiger partial charge on any atom is 0.130 e. The molecule has 0 atom stereocenters. The Balaban J connectivity index is 2.92. The average Bonchev–Trinajstić information content (AvgIpc) is 2.16. The van der Waals surface area contributed by atoms with Gasteiger partial charge in [-0.1, -0.05) is 26.0 Å². The monoisotopic (exact) mass is 219 g/mol. The molecule has 0 radical (unpaired) electrons. The largest absolute Gasteiger partial charge is 0.378 e.